The zero-order chi connectivity index (χ0) is 88.2. The highest BCUT2D eigenvalue weighted by Gasteiger charge is 2.52. The van der Waals surface area contributed by atoms with Crippen LogP contribution in [0.4, 0.5) is 0 Å². The van der Waals surface area contributed by atoms with Crippen molar-refractivity contribution in [1.29, 1.82) is 0 Å². The van der Waals surface area contributed by atoms with E-state index in [1.165, 1.54) is 31.3 Å². The first-order chi connectivity index (χ1) is 57.8. The van der Waals surface area contributed by atoms with Crippen molar-refractivity contribution in [2.24, 2.45) is 11.7 Å². The summed E-state index contributed by atoms with van der Waals surface area (Å²) < 4.78 is 40.2. The zero-order valence-corrected chi connectivity index (χ0v) is 69.8. The number of nitrogens with zero attached hydrogens (tertiary/aromatic N) is 1. The van der Waals surface area contributed by atoms with E-state index in [1.54, 1.807) is 26.0 Å². The maximum absolute atomic E-state index is 16.4. The number of nitrogens with one attached hydrogen (secondary N) is 9. The second-order valence-electron chi connectivity index (χ2n) is 32.5. The number of rotatable bonds is 21. The lowest BCUT2D eigenvalue weighted by Crippen LogP contribution is -2.65. The highest BCUT2D eigenvalue weighted by molar-refractivity contribution is 6.32. The van der Waals surface area contributed by atoms with Crippen molar-refractivity contribution in [3.05, 3.63) is 176 Å². The highest BCUT2D eigenvalue weighted by atomic mass is 35.5. The van der Waals surface area contributed by atoms with Gasteiger partial charge in [0.1, 0.15) is 95.5 Å². The molecular formula is C85H99Cl3N11O23+. The number of aliphatic hydroxyl groups is 6. The van der Waals surface area contributed by atoms with Crippen LogP contribution in [0.25, 0.3) is 22.3 Å². The first-order valence-corrected chi connectivity index (χ1v) is 40.5. The number of primary amides is 1. The fraction of sp³-hybridized carbons (Fsp3) is 0.412. The van der Waals surface area contributed by atoms with Crippen molar-refractivity contribution in [1.82, 2.24) is 47.9 Å². The third kappa shape index (κ3) is 20.7. The second-order valence-corrected chi connectivity index (χ2v) is 33.8. The normalized spacial score (nSPS) is 26.5. The van der Waals surface area contributed by atoms with Crippen LogP contribution in [0.2, 0.25) is 15.1 Å². The Kier molecular flexibility index (Phi) is 28.3. The molecule has 14 rings (SSSR count). The Hall–Kier alpha value is -10.5. The highest BCUT2D eigenvalue weighted by Crippen LogP contribution is 2.50. The number of carbonyl (C=O) groups is 8. The van der Waals surface area contributed by atoms with Crippen LogP contribution >= 0.6 is 34.8 Å². The molecule has 0 radical (unpaired) electrons. The van der Waals surface area contributed by atoms with Crippen LogP contribution in [-0.4, -0.2) is 224 Å². The fourth-order valence-corrected chi connectivity index (χ4v) is 15.9. The largest absolute Gasteiger partial charge is 0.508 e. The molecule has 7 aliphatic rings. The van der Waals surface area contributed by atoms with Crippen LogP contribution in [-0.2, 0) is 59.1 Å². The molecule has 122 heavy (non-hydrogen) atoms. The molecule has 34 nitrogen and oxygen atoms in total. The zero-order valence-electron chi connectivity index (χ0n) is 67.6. The number of hydrogen-bond acceptors (Lipinski definition) is 25. The van der Waals surface area contributed by atoms with Crippen LogP contribution in [0.1, 0.15) is 117 Å². The van der Waals surface area contributed by atoms with Crippen LogP contribution in [0.5, 0.6) is 46.0 Å². The summed E-state index contributed by atoms with van der Waals surface area (Å²) in [6, 6.07) is 15.6. The Morgan fingerprint density at radius 2 is 1.28 bits per heavy atom. The number of amides is 8. The summed E-state index contributed by atoms with van der Waals surface area (Å²) in [7, 11) is 7.25. The molecule has 0 aromatic heterocycles. The number of ether oxygens (including phenoxy) is 6. The fourth-order valence-electron chi connectivity index (χ4n) is 15.3. The Labute approximate surface area is 716 Å². The molecule has 20 N–H and O–H groups in total. The molecule has 7 aromatic rings. The monoisotopic (exact) mass is 1750 g/mol. The Bertz CT molecular complexity index is 5090. The van der Waals surface area contributed by atoms with Gasteiger partial charge in [-0.05, 0) is 144 Å². The van der Waals surface area contributed by atoms with E-state index >= 15 is 24.0 Å². The molecule has 18 atom stereocenters. The SMILES string of the molecule is CN[C@H](CC(C)C)C(=O)N[C@H]1C(=O)N[C@@H](CC(N)=O)C(=O)N[C@H]2C(=O)N[C@H]3C(=O)N[C@H](C(=O)N[C@H](C(=O)NCCC[N+](C)(C)C)c4cc(O)cc(O)c4-c4cc3ccc4O)[C@H](O)c3ccc(c(Cl)c3)Oc3cc2cc(c3O[C@@H]2O[C@H](CO)[C@@H](O)[C@H](O)[C@H]2O[C@H]2C[C@](C)(NCc3ccc(-c4ccc(Cl)cc4)cc3)[C@H](O)[C@H](C)O2)Oc2ccc(cc2Cl)[C@H]1O. The van der Waals surface area contributed by atoms with Gasteiger partial charge < -0.3 is 132 Å². The van der Waals surface area contributed by atoms with Gasteiger partial charge in [0.2, 0.25) is 59.3 Å². The molecule has 8 amide bonds. The van der Waals surface area contributed by atoms with E-state index in [2.05, 4.69) is 47.9 Å². The lowest BCUT2D eigenvalue weighted by Gasteiger charge is -2.48. The van der Waals surface area contributed by atoms with Crippen LogP contribution in [0.15, 0.2) is 127 Å². The van der Waals surface area contributed by atoms with Crippen LogP contribution < -0.4 is 67.8 Å². The van der Waals surface area contributed by atoms with E-state index in [1.807, 2.05) is 71.4 Å². The van der Waals surface area contributed by atoms with Gasteiger partial charge in [0.25, 0.3) is 0 Å². The Balaban J connectivity index is 1.04. The summed E-state index contributed by atoms with van der Waals surface area (Å²) in [6.07, 6.45) is -18.1. The van der Waals surface area contributed by atoms with Gasteiger partial charge >= 0.3 is 0 Å². The summed E-state index contributed by atoms with van der Waals surface area (Å²) in [4.78, 5) is 121. The molecule has 0 saturated carbocycles. The van der Waals surface area contributed by atoms with Crippen molar-refractivity contribution in [3.8, 4) is 68.2 Å². The molecule has 11 bridgehead atoms. The van der Waals surface area contributed by atoms with Gasteiger partial charge in [-0.2, -0.15) is 0 Å². The van der Waals surface area contributed by atoms with E-state index in [-0.39, 0.29) is 76.2 Å². The number of phenolic OH excluding ortho intramolecular Hbond substituents is 3. The number of fused-ring (bicyclic) bond motifs is 15. The van der Waals surface area contributed by atoms with Crippen molar-refractivity contribution in [2.75, 3.05) is 47.9 Å². The topological polar surface area (TPSA) is 508 Å². The molecule has 652 valence electrons. The summed E-state index contributed by atoms with van der Waals surface area (Å²) in [6.45, 7) is 6.76. The number of likely N-dealkylation sites (N-methyl/N-ethyl adjacent to an activating group) is 1. The minimum Gasteiger partial charge on any atom is -0.508 e. The van der Waals surface area contributed by atoms with Crippen LogP contribution in [0.3, 0.4) is 0 Å². The van der Waals surface area contributed by atoms with Gasteiger partial charge in [-0.15, -0.1) is 0 Å². The number of aromatic hydroxyl groups is 3. The number of phenols is 3. The lowest BCUT2D eigenvalue weighted by molar-refractivity contribution is -0.870. The van der Waals surface area contributed by atoms with Crippen LogP contribution in [0, 0.1) is 5.92 Å². The van der Waals surface area contributed by atoms with Gasteiger partial charge in [-0.1, -0.05) is 103 Å². The van der Waals surface area contributed by atoms with Gasteiger partial charge in [0.05, 0.1) is 69.0 Å². The van der Waals surface area contributed by atoms with E-state index in [4.69, 9.17) is 69.0 Å². The standard InChI is InChI=1S/C85H98Cl3N11O23/c1-38(2)26-53(90-5)77(110)97-68-70(105)44-17-22-57(51(87)28-44)118-59-30-46-31-60(74(59)122-84-75(73(108)72(107)61(37-100)120-84)121-63-35-85(4,76(109)39(3)117-63)92-36-40-10-12-41(13-11-40)42-14-19-47(86)20-15-42)119-58-23-18-45(29-52(58)88)71(106)69-83(116)96-67(79(112)91-24-9-25-99(6,7)8)50-32-48(101)33-56(103)64(50)49-27-43(16-21-55(49)102)65(80(113)98-69)95-81(114)66(46)94-78(111)54(34-62(89)104)93-82(68)115/h10-23,27-33,38-39,53-54,61,63,65-73,75-76,84,90,92,100,105-109H,9,24-26,34-37H2,1-8H3,(H11-,89,91,93,94,95,96,97,98,101,102,103,104,110,111,112,113,114,115,116)/p+1/t39-,53+,54-,61+,63-,65+,66+,67-,68+,69-,70+,71+,72+,73-,75+,76+,84-,85-/m0/s1. The van der Waals surface area contributed by atoms with E-state index in [9.17, 15) is 60.3 Å². The summed E-state index contributed by atoms with van der Waals surface area (Å²) in [5.41, 5.74) is 4.99. The van der Waals surface area contributed by atoms with E-state index < -0.39 is 220 Å². The van der Waals surface area contributed by atoms with Gasteiger partial charge in [0, 0.05) is 53.7 Å². The van der Waals surface area contributed by atoms with Gasteiger partial charge in [-0.25, -0.2) is 0 Å². The molecular weight excluding hydrogens is 1650 g/mol. The maximum atomic E-state index is 16.4. The molecule has 7 aliphatic heterocycles. The third-order valence-electron chi connectivity index (χ3n) is 21.9. The quantitative estimate of drug-likeness (QED) is 0.0350. The Morgan fingerprint density at radius 1 is 0.672 bits per heavy atom. The van der Waals surface area contributed by atoms with E-state index in [0.717, 1.165) is 71.3 Å². The van der Waals surface area contributed by atoms with Gasteiger partial charge in [-0.3, -0.25) is 38.4 Å². The summed E-state index contributed by atoms with van der Waals surface area (Å²) in [5, 5.41) is 131. The number of nitrogens with two attached hydrogens (primary N) is 1. The van der Waals surface area contributed by atoms with Crippen molar-refractivity contribution in [2.45, 2.75) is 169 Å². The number of aliphatic hydroxyl groups excluding tert-OH is 6. The van der Waals surface area contributed by atoms with Crippen molar-refractivity contribution < 1.29 is 117 Å². The molecule has 2 saturated heterocycles. The molecule has 0 spiro atoms. The number of carbonyl (C=O) groups excluding carboxylic acids is 8. The predicted molar refractivity (Wildman–Crippen MR) is 442 cm³/mol. The number of quaternary nitrogens is 1. The summed E-state index contributed by atoms with van der Waals surface area (Å²) >= 11 is 20.6. The first-order valence-electron chi connectivity index (χ1n) is 39.4. The molecule has 37 heteroatoms. The molecule has 0 aliphatic carbocycles. The molecule has 7 aromatic carbocycles. The predicted octanol–water partition coefficient (Wildman–Crippen LogP) is 4.39. The average Bonchev–Trinajstić information content (AvgIpc) is 0.764. The number of hydrogen-bond donors (Lipinski definition) is 19. The minimum atomic E-state index is -2.35. The van der Waals surface area contributed by atoms with Gasteiger partial charge in [0.15, 0.2) is 23.9 Å². The first kappa shape index (κ1) is 90.7. The average molecular weight is 1750 g/mol. The van der Waals surface area contributed by atoms with E-state index in [0.29, 0.717) is 22.5 Å². The van der Waals surface area contributed by atoms with Crippen molar-refractivity contribution in [3.63, 3.8) is 0 Å². The summed E-state index contributed by atoms with van der Waals surface area (Å²) in [5.74, 6) is -14.5. The Morgan fingerprint density at radius 3 is 1.89 bits per heavy atom. The number of halogens is 3. The molecule has 7 heterocycles. The van der Waals surface area contributed by atoms with Crippen molar-refractivity contribution >= 4 is 82.1 Å². The maximum Gasteiger partial charge on any atom is 0.248 e. The lowest BCUT2D eigenvalue weighted by atomic mass is 9.84. The smallest absolute Gasteiger partial charge is 0.248 e. The minimum absolute atomic E-state index is 0.0144. The molecule has 2 fully saturated rings. The third-order valence-corrected chi connectivity index (χ3v) is 22.7. The molecule has 0 unspecified atom stereocenters. The second kappa shape index (κ2) is 38.1. The number of benzene rings is 7.